The van der Waals surface area contributed by atoms with Crippen molar-refractivity contribution in [2.75, 3.05) is 43.1 Å². The molecule has 36 heavy (non-hydrogen) atoms. The monoisotopic (exact) mass is 577 g/mol. The zero-order chi connectivity index (χ0) is 25.8. The van der Waals surface area contributed by atoms with E-state index in [2.05, 4.69) is 9.88 Å². The van der Waals surface area contributed by atoms with Crippen molar-refractivity contribution in [2.24, 2.45) is 0 Å². The number of anilines is 1. The molecule has 0 saturated carbocycles. The van der Waals surface area contributed by atoms with Gasteiger partial charge in [-0.2, -0.15) is 0 Å². The molecule has 13 heteroatoms. The van der Waals surface area contributed by atoms with Gasteiger partial charge in [0.1, 0.15) is 5.82 Å². The Labute approximate surface area is 221 Å². The second-order valence-electron chi connectivity index (χ2n) is 7.99. The first-order chi connectivity index (χ1) is 16.4. The summed E-state index contributed by atoms with van der Waals surface area (Å²) in [5, 5.41) is 0.377. The molecule has 3 rings (SSSR count). The fraction of sp³-hybridized carbons (Fsp3) is 0.391. The van der Waals surface area contributed by atoms with Crippen LogP contribution in [-0.2, 0) is 24.5 Å². The summed E-state index contributed by atoms with van der Waals surface area (Å²) in [7, 11) is -7.19. The fourth-order valence-electron chi connectivity index (χ4n) is 3.46. The van der Waals surface area contributed by atoms with E-state index >= 15 is 0 Å². The summed E-state index contributed by atoms with van der Waals surface area (Å²) < 4.78 is 63.0. The minimum Gasteiger partial charge on any atom is -0.302 e. The Morgan fingerprint density at radius 2 is 1.58 bits per heavy atom. The van der Waals surface area contributed by atoms with Gasteiger partial charge in [0.15, 0.2) is 24.8 Å². The van der Waals surface area contributed by atoms with Gasteiger partial charge in [-0.1, -0.05) is 25.2 Å². The Bertz CT molecular complexity index is 1410. The Morgan fingerprint density at radius 3 is 2.17 bits per heavy atom. The van der Waals surface area contributed by atoms with Crippen molar-refractivity contribution in [1.29, 1.82) is 0 Å². The number of carbonyl (C=O) groups excluding carboxylic acids is 1. The number of rotatable bonds is 11. The SMILES string of the molecule is CCN(CC)CCN(C(=O)CCS(=O)(=O)c1ccc(F)cc1)c1nc2ccc(S(C)(=O)=O)cc2s1.Cl. The third-order valence-electron chi connectivity index (χ3n) is 5.60. The summed E-state index contributed by atoms with van der Waals surface area (Å²) in [6.45, 7) is 6.46. The number of nitrogens with zero attached hydrogens (tertiary/aromatic N) is 3. The second-order valence-corrected chi connectivity index (χ2v) is 13.1. The van der Waals surface area contributed by atoms with Gasteiger partial charge in [0.05, 0.1) is 25.8 Å². The number of hydrogen-bond donors (Lipinski definition) is 0. The van der Waals surface area contributed by atoms with Crippen molar-refractivity contribution in [3.63, 3.8) is 0 Å². The summed E-state index contributed by atoms with van der Waals surface area (Å²) in [5.41, 5.74) is 0.553. The van der Waals surface area contributed by atoms with Crippen LogP contribution in [0.25, 0.3) is 10.2 Å². The van der Waals surface area contributed by atoms with Crippen LogP contribution in [0.5, 0.6) is 0 Å². The highest BCUT2D eigenvalue weighted by atomic mass is 35.5. The smallest absolute Gasteiger partial charge is 0.229 e. The van der Waals surface area contributed by atoms with E-state index in [0.717, 1.165) is 31.5 Å². The minimum atomic E-state index is -3.78. The van der Waals surface area contributed by atoms with Crippen LogP contribution in [-0.4, -0.2) is 70.8 Å². The summed E-state index contributed by atoms with van der Waals surface area (Å²) >= 11 is 1.18. The maximum absolute atomic E-state index is 13.2. The molecule has 1 amide bonds. The number of carbonyl (C=O) groups is 1. The molecule has 0 unspecified atom stereocenters. The number of benzene rings is 2. The van der Waals surface area contributed by atoms with E-state index in [-0.39, 0.29) is 28.6 Å². The highest BCUT2D eigenvalue weighted by Crippen LogP contribution is 2.31. The van der Waals surface area contributed by atoms with Crippen LogP contribution in [0.15, 0.2) is 52.3 Å². The van der Waals surface area contributed by atoms with E-state index < -0.39 is 37.2 Å². The van der Waals surface area contributed by atoms with Gasteiger partial charge in [-0.05, 0) is 55.6 Å². The summed E-state index contributed by atoms with van der Waals surface area (Å²) in [6, 6.07) is 9.09. The molecule has 0 atom stereocenters. The highest BCUT2D eigenvalue weighted by molar-refractivity contribution is 7.91. The van der Waals surface area contributed by atoms with Crippen molar-refractivity contribution >= 4 is 64.7 Å². The first-order valence-corrected chi connectivity index (χ1v) is 15.4. The zero-order valence-corrected chi connectivity index (χ0v) is 23.4. The van der Waals surface area contributed by atoms with Gasteiger partial charge >= 0.3 is 0 Å². The quantitative estimate of drug-likeness (QED) is 0.319. The Kier molecular flexibility index (Phi) is 10.4. The van der Waals surface area contributed by atoms with Crippen LogP contribution in [0.3, 0.4) is 0 Å². The van der Waals surface area contributed by atoms with Crippen LogP contribution in [0.4, 0.5) is 9.52 Å². The molecule has 8 nitrogen and oxygen atoms in total. The summed E-state index contributed by atoms with van der Waals surface area (Å²) in [6.07, 6.45) is 0.847. The van der Waals surface area contributed by atoms with Crippen LogP contribution in [0.2, 0.25) is 0 Å². The molecule has 0 N–H and O–H groups in total. The molecule has 0 aliphatic carbocycles. The van der Waals surface area contributed by atoms with E-state index in [1.165, 1.54) is 40.5 Å². The number of amides is 1. The topological polar surface area (TPSA) is 105 Å². The lowest BCUT2D eigenvalue weighted by Crippen LogP contribution is -2.39. The Balaban J connectivity index is 0.00000456. The van der Waals surface area contributed by atoms with Gasteiger partial charge in [0, 0.05) is 25.8 Å². The molecule has 1 aromatic heterocycles. The predicted octanol–water partition coefficient (Wildman–Crippen LogP) is 3.80. The van der Waals surface area contributed by atoms with Crippen molar-refractivity contribution in [2.45, 2.75) is 30.1 Å². The van der Waals surface area contributed by atoms with Crippen molar-refractivity contribution in [3.8, 4) is 0 Å². The summed E-state index contributed by atoms with van der Waals surface area (Å²) in [5.74, 6) is -1.38. The number of thiazole rings is 1. The van der Waals surface area contributed by atoms with Gasteiger partial charge in [-0.25, -0.2) is 26.2 Å². The molecule has 3 aromatic rings. The third kappa shape index (κ3) is 7.45. The molecule has 0 bridgehead atoms. The van der Waals surface area contributed by atoms with Gasteiger partial charge in [-0.3, -0.25) is 9.69 Å². The molecule has 0 saturated heterocycles. The van der Waals surface area contributed by atoms with Crippen molar-refractivity contribution in [3.05, 3.63) is 48.3 Å². The van der Waals surface area contributed by atoms with Crippen LogP contribution >= 0.6 is 23.7 Å². The van der Waals surface area contributed by atoms with Crippen LogP contribution in [0.1, 0.15) is 20.3 Å². The van der Waals surface area contributed by atoms with E-state index in [9.17, 15) is 26.0 Å². The lowest BCUT2D eigenvalue weighted by atomic mass is 10.3. The number of halogens is 2. The van der Waals surface area contributed by atoms with Crippen molar-refractivity contribution in [1.82, 2.24) is 9.88 Å². The molecular weight excluding hydrogens is 549 g/mol. The Hall–Kier alpha value is -2.12. The van der Waals surface area contributed by atoms with Gasteiger partial charge in [0.2, 0.25) is 5.91 Å². The highest BCUT2D eigenvalue weighted by Gasteiger charge is 2.24. The predicted molar refractivity (Wildman–Crippen MR) is 143 cm³/mol. The number of fused-ring (bicyclic) bond motifs is 1. The lowest BCUT2D eigenvalue weighted by molar-refractivity contribution is -0.118. The maximum Gasteiger partial charge on any atom is 0.229 e. The second kappa shape index (κ2) is 12.4. The van der Waals surface area contributed by atoms with Crippen LogP contribution < -0.4 is 4.90 Å². The van der Waals surface area contributed by atoms with Crippen LogP contribution in [0, 0.1) is 5.82 Å². The number of aromatic nitrogens is 1. The van der Waals surface area contributed by atoms with Crippen molar-refractivity contribution < 1.29 is 26.0 Å². The van der Waals surface area contributed by atoms with E-state index in [0.29, 0.717) is 28.4 Å². The summed E-state index contributed by atoms with van der Waals surface area (Å²) in [4.78, 5) is 21.4. The number of likely N-dealkylation sites (N-methyl/N-ethyl adjacent to an activating group) is 1. The minimum absolute atomic E-state index is 0. The molecule has 2 aromatic carbocycles. The molecule has 0 spiro atoms. The maximum atomic E-state index is 13.2. The van der Waals surface area contributed by atoms with E-state index in [1.807, 2.05) is 13.8 Å². The van der Waals surface area contributed by atoms with Gasteiger partial charge < -0.3 is 4.90 Å². The molecule has 0 aliphatic heterocycles. The molecular formula is C23H29ClFN3O5S3. The first kappa shape index (κ1) is 30.1. The third-order valence-corrected chi connectivity index (χ3v) is 9.48. The van der Waals surface area contributed by atoms with E-state index in [1.54, 1.807) is 6.07 Å². The van der Waals surface area contributed by atoms with Gasteiger partial charge in [0.25, 0.3) is 0 Å². The van der Waals surface area contributed by atoms with Gasteiger partial charge in [-0.15, -0.1) is 12.4 Å². The molecule has 1 heterocycles. The molecule has 0 fully saturated rings. The lowest BCUT2D eigenvalue weighted by Gasteiger charge is -2.24. The largest absolute Gasteiger partial charge is 0.302 e. The normalized spacial score (nSPS) is 12.0. The molecule has 198 valence electrons. The number of sulfone groups is 2. The zero-order valence-electron chi connectivity index (χ0n) is 20.2. The Morgan fingerprint density at radius 1 is 0.972 bits per heavy atom. The first-order valence-electron chi connectivity index (χ1n) is 11.1. The standard InChI is InChI=1S/C23H28FN3O5S3.ClH/c1-4-26(5-2)13-14-27(22(28)12-15-35(31,32)18-8-6-17(24)7-9-18)23-25-20-11-10-19(34(3,29)30)16-21(20)33-23;/h6-11,16H,4-5,12-15H2,1-3H3;1H. The van der Waals surface area contributed by atoms with E-state index in [4.69, 9.17) is 0 Å². The average Bonchev–Trinajstić information content (AvgIpc) is 3.23. The average molecular weight is 578 g/mol. The molecule has 0 radical (unpaired) electrons. The number of hydrogen-bond acceptors (Lipinski definition) is 8. The molecule has 0 aliphatic rings. The fourth-order valence-corrected chi connectivity index (χ4v) is 6.46.